The van der Waals surface area contributed by atoms with Crippen molar-refractivity contribution < 1.29 is 9.84 Å². The highest BCUT2D eigenvalue weighted by atomic mass is 16.5. The number of aliphatic hydroxyl groups is 1. The van der Waals surface area contributed by atoms with Gasteiger partial charge in [0.1, 0.15) is 0 Å². The zero-order chi connectivity index (χ0) is 8.10. The molecule has 2 atom stereocenters. The first-order chi connectivity index (χ1) is 5.34. The molecule has 1 aliphatic heterocycles. The maximum Gasteiger partial charge on any atom is 0.0647 e. The SMILES string of the molecule is [N-]=[N+]=NCC(O)C1CCOC1. The van der Waals surface area contributed by atoms with E-state index in [1.165, 1.54) is 0 Å². The second kappa shape index (κ2) is 4.18. The van der Waals surface area contributed by atoms with E-state index in [9.17, 15) is 5.11 Å². The lowest BCUT2D eigenvalue weighted by molar-refractivity contribution is 0.0979. The molecule has 2 unspecified atom stereocenters. The van der Waals surface area contributed by atoms with E-state index < -0.39 is 6.10 Å². The fourth-order valence-electron chi connectivity index (χ4n) is 1.13. The molecule has 0 radical (unpaired) electrons. The summed E-state index contributed by atoms with van der Waals surface area (Å²) in [4.78, 5) is 2.57. The van der Waals surface area contributed by atoms with Crippen LogP contribution in [0.25, 0.3) is 10.4 Å². The highest BCUT2D eigenvalue weighted by Crippen LogP contribution is 2.16. The summed E-state index contributed by atoms with van der Waals surface area (Å²) in [5.41, 5.74) is 7.97. The van der Waals surface area contributed by atoms with E-state index in [1.54, 1.807) is 0 Å². The highest BCUT2D eigenvalue weighted by molar-refractivity contribution is 4.74. The molecule has 5 nitrogen and oxygen atoms in total. The van der Waals surface area contributed by atoms with Gasteiger partial charge in [0.05, 0.1) is 19.3 Å². The van der Waals surface area contributed by atoms with E-state index in [-0.39, 0.29) is 12.5 Å². The molecular weight excluding hydrogens is 146 g/mol. The molecule has 5 heteroatoms. The number of aliphatic hydroxyl groups excluding tert-OH is 1. The Hall–Kier alpha value is -0.770. The van der Waals surface area contributed by atoms with Gasteiger partial charge in [-0.15, -0.1) is 0 Å². The van der Waals surface area contributed by atoms with Crippen molar-refractivity contribution in [1.82, 2.24) is 0 Å². The Morgan fingerprint density at radius 3 is 3.18 bits per heavy atom. The van der Waals surface area contributed by atoms with E-state index >= 15 is 0 Å². The molecule has 0 aliphatic carbocycles. The maximum atomic E-state index is 9.34. The van der Waals surface area contributed by atoms with Gasteiger partial charge < -0.3 is 9.84 Å². The van der Waals surface area contributed by atoms with Crippen LogP contribution in [0.15, 0.2) is 5.11 Å². The highest BCUT2D eigenvalue weighted by Gasteiger charge is 2.22. The molecule has 0 aromatic carbocycles. The lowest BCUT2D eigenvalue weighted by Crippen LogP contribution is -2.23. The smallest absolute Gasteiger partial charge is 0.0647 e. The molecule has 0 spiro atoms. The van der Waals surface area contributed by atoms with Crippen LogP contribution >= 0.6 is 0 Å². The predicted molar refractivity (Wildman–Crippen MR) is 38.9 cm³/mol. The van der Waals surface area contributed by atoms with Crippen molar-refractivity contribution in [2.75, 3.05) is 19.8 Å². The van der Waals surface area contributed by atoms with Crippen molar-refractivity contribution >= 4 is 0 Å². The second-order valence-electron chi connectivity index (χ2n) is 2.60. The first kappa shape index (κ1) is 8.33. The van der Waals surface area contributed by atoms with Crippen LogP contribution in [0.3, 0.4) is 0 Å². The second-order valence-corrected chi connectivity index (χ2v) is 2.60. The Kier molecular flexibility index (Phi) is 3.16. The molecule has 1 N–H and O–H groups in total. The van der Waals surface area contributed by atoms with Crippen LogP contribution in [0.4, 0.5) is 0 Å². The first-order valence-electron chi connectivity index (χ1n) is 3.61. The molecule has 0 bridgehead atoms. The summed E-state index contributed by atoms with van der Waals surface area (Å²) in [7, 11) is 0. The van der Waals surface area contributed by atoms with Gasteiger partial charge in [-0.25, -0.2) is 0 Å². The van der Waals surface area contributed by atoms with Crippen molar-refractivity contribution in [2.45, 2.75) is 12.5 Å². The molecule has 1 heterocycles. The molecule has 62 valence electrons. The van der Waals surface area contributed by atoms with Gasteiger partial charge >= 0.3 is 0 Å². The van der Waals surface area contributed by atoms with Crippen molar-refractivity contribution in [1.29, 1.82) is 0 Å². The topological polar surface area (TPSA) is 78.2 Å². The fraction of sp³-hybridized carbons (Fsp3) is 1.00. The number of ether oxygens (including phenoxy) is 1. The van der Waals surface area contributed by atoms with Crippen LogP contribution in [-0.2, 0) is 4.74 Å². The van der Waals surface area contributed by atoms with Gasteiger partial charge in [0.2, 0.25) is 0 Å². The number of nitrogens with zero attached hydrogens (tertiary/aromatic N) is 3. The summed E-state index contributed by atoms with van der Waals surface area (Å²) in [5, 5.41) is 12.6. The van der Waals surface area contributed by atoms with Gasteiger partial charge in [-0.05, 0) is 12.0 Å². The van der Waals surface area contributed by atoms with E-state index in [0.717, 1.165) is 6.42 Å². The largest absolute Gasteiger partial charge is 0.393 e. The predicted octanol–water partition coefficient (Wildman–Crippen LogP) is 0.694. The number of hydrogen-bond acceptors (Lipinski definition) is 3. The summed E-state index contributed by atoms with van der Waals surface area (Å²) in [6.45, 7) is 1.45. The van der Waals surface area contributed by atoms with Crippen molar-refractivity contribution in [3.05, 3.63) is 10.4 Å². The minimum atomic E-state index is -0.534. The summed E-state index contributed by atoms with van der Waals surface area (Å²) in [5.74, 6) is 0.153. The lowest BCUT2D eigenvalue weighted by atomic mass is 10.0. The Bertz CT molecular complexity index is 161. The fourth-order valence-corrected chi connectivity index (χ4v) is 1.13. The molecule has 11 heavy (non-hydrogen) atoms. The Labute approximate surface area is 64.6 Å². The number of azide groups is 1. The van der Waals surface area contributed by atoms with E-state index in [2.05, 4.69) is 10.0 Å². The summed E-state index contributed by atoms with van der Waals surface area (Å²) >= 11 is 0. The Morgan fingerprint density at radius 1 is 1.82 bits per heavy atom. The summed E-state index contributed by atoms with van der Waals surface area (Å²) in [6.07, 6.45) is 0.329. The molecule has 1 rings (SSSR count). The minimum Gasteiger partial charge on any atom is -0.393 e. The third-order valence-electron chi connectivity index (χ3n) is 1.84. The van der Waals surface area contributed by atoms with Gasteiger partial charge in [-0.3, -0.25) is 0 Å². The monoisotopic (exact) mass is 157 g/mol. The van der Waals surface area contributed by atoms with Gasteiger partial charge in [-0.1, -0.05) is 5.11 Å². The molecule has 0 amide bonds. The van der Waals surface area contributed by atoms with Gasteiger partial charge in [0.25, 0.3) is 0 Å². The summed E-state index contributed by atoms with van der Waals surface area (Å²) < 4.78 is 5.06. The quantitative estimate of drug-likeness (QED) is 0.371. The first-order valence-corrected chi connectivity index (χ1v) is 3.61. The molecule has 1 saturated heterocycles. The van der Waals surface area contributed by atoms with Crippen LogP contribution in [0.2, 0.25) is 0 Å². The minimum absolute atomic E-state index is 0.153. The third-order valence-corrected chi connectivity index (χ3v) is 1.84. The average molecular weight is 157 g/mol. The molecule has 1 aliphatic rings. The molecule has 0 aromatic rings. The third kappa shape index (κ3) is 2.38. The van der Waals surface area contributed by atoms with Gasteiger partial charge in [0, 0.05) is 17.4 Å². The van der Waals surface area contributed by atoms with Crippen molar-refractivity contribution in [3.8, 4) is 0 Å². The molecule has 0 saturated carbocycles. The van der Waals surface area contributed by atoms with E-state index in [1.807, 2.05) is 0 Å². The standard InChI is InChI=1S/C6H11N3O2/c7-9-8-3-6(10)5-1-2-11-4-5/h5-6,10H,1-4H2. The van der Waals surface area contributed by atoms with Gasteiger partial charge in [-0.2, -0.15) is 0 Å². The Morgan fingerprint density at radius 2 is 2.64 bits per heavy atom. The summed E-state index contributed by atoms with van der Waals surface area (Å²) in [6, 6.07) is 0. The number of hydrogen-bond donors (Lipinski definition) is 1. The zero-order valence-corrected chi connectivity index (χ0v) is 6.18. The molecule has 0 aromatic heterocycles. The molecule has 1 fully saturated rings. The zero-order valence-electron chi connectivity index (χ0n) is 6.18. The maximum absolute atomic E-state index is 9.34. The van der Waals surface area contributed by atoms with Crippen LogP contribution in [0.5, 0.6) is 0 Å². The normalized spacial score (nSPS) is 26.1. The molecular formula is C6H11N3O2. The van der Waals surface area contributed by atoms with Crippen LogP contribution in [0.1, 0.15) is 6.42 Å². The van der Waals surface area contributed by atoms with Crippen LogP contribution < -0.4 is 0 Å². The van der Waals surface area contributed by atoms with E-state index in [0.29, 0.717) is 13.2 Å². The van der Waals surface area contributed by atoms with Crippen LogP contribution in [-0.4, -0.2) is 31.0 Å². The number of rotatable bonds is 3. The van der Waals surface area contributed by atoms with Crippen molar-refractivity contribution in [3.63, 3.8) is 0 Å². The van der Waals surface area contributed by atoms with Gasteiger partial charge in [0.15, 0.2) is 0 Å². The van der Waals surface area contributed by atoms with E-state index in [4.69, 9.17) is 10.3 Å². The lowest BCUT2D eigenvalue weighted by Gasteiger charge is -2.12. The van der Waals surface area contributed by atoms with Crippen LogP contribution in [0, 0.1) is 5.92 Å². The average Bonchev–Trinajstić information content (AvgIpc) is 2.52. The van der Waals surface area contributed by atoms with Crippen molar-refractivity contribution in [2.24, 2.45) is 11.0 Å². The Balaban J connectivity index is 2.27.